The number of nitrogens with zero attached hydrogens (tertiary/aromatic N) is 2. The second-order valence-corrected chi connectivity index (χ2v) is 4.95. The third kappa shape index (κ3) is 3.34. The van der Waals surface area contributed by atoms with Crippen molar-refractivity contribution in [1.29, 1.82) is 0 Å². The number of amides is 1. The van der Waals surface area contributed by atoms with Crippen molar-refractivity contribution in [2.24, 2.45) is 0 Å². The van der Waals surface area contributed by atoms with Crippen LogP contribution in [0.5, 0.6) is 0 Å². The highest BCUT2D eigenvalue weighted by molar-refractivity contribution is 6.29. The Morgan fingerprint density at radius 1 is 1.67 bits per heavy atom. The maximum absolute atomic E-state index is 11.9. The number of nitrogens with one attached hydrogen (secondary N) is 1. The molecule has 0 aliphatic heterocycles. The van der Waals surface area contributed by atoms with Crippen LogP contribution in [-0.4, -0.2) is 42.0 Å². The molecule has 1 heterocycles. The van der Waals surface area contributed by atoms with E-state index in [4.69, 9.17) is 17.3 Å². The number of likely N-dealkylation sites (N-methyl/N-ethyl adjacent to an activating group) is 1. The lowest BCUT2D eigenvalue weighted by molar-refractivity contribution is 0.0950. The number of rotatable bonds is 5. The van der Waals surface area contributed by atoms with Crippen molar-refractivity contribution in [3.63, 3.8) is 0 Å². The predicted octanol–water partition coefficient (Wildman–Crippen LogP) is 1.14. The molecule has 1 aromatic heterocycles. The van der Waals surface area contributed by atoms with Gasteiger partial charge in [0.2, 0.25) is 0 Å². The minimum Gasteiger partial charge on any atom is -0.397 e. The molecule has 0 bridgehead atoms. The van der Waals surface area contributed by atoms with Gasteiger partial charge in [0.25, 0.3) is 5.91 Å². The van der Waals surface area contributed by atoms with Crippen LogP contribution in [0.1, 0.15) is 23.2 Å². The molecule has 1 fully saturated rings. The molecule has 1 saturated carbocycles. The topological polar surface area (TPSA) is 71.2 Å². The summed E-state index contributed by atoms with van der Waals surface area (Å²) in [7, 11) is 2.07. The van der Waals surface area contributed by atoms with Crippen LogP contribution in [0.15, 0.2) is 12.3 Å². The monoisotopic (exact) mass is 268 g/mol. The van der Waals surface area contributed by atoms with E-state index in [1.54, 1.807) is 0 Å². The molecule has 1 aromatic rings. The van der Waals surface area contributed by atoms with E-state index in [-0.39, 0.29) is 11.1 Å². The summed E-state index contributed by atoms with van der Waals surface area (Å²) in [5, 5.41) is 3.10. The number of hydrogen-bond donors (Lipinski definition) is 2. The molecular weight excluding hydrogens is 252 g/mol. The van der Waals surface area contributed by atoms with Gasteiger partial charge in [0, 0.05) is 19.1 Å². The van der Waals surface area contributed by atoms with Crippen LogP contribution < -0.4 is 11.1 Å². The zero-order valence-corrected chi connectivity index (χ0v) is 11.1. The largest absolute Gasteiger partial charge is 0.397 e. The Balaban J connectivity index is 1.85. The Bertz CT molecular complexity index is 448. The second-order valence-electron chi connectivity index (χ2n) is 4.56. The summed E-state index contributed by atoms with van der Waals surface area (Å²) in [6.45, 7) is 1.44. The molecule has 0 atom stereocenters. The van der Waals surface area contributed by atoms with Crippen molar-refractivity contribution < 1.29 is 4.79 Å². The van der Waals surface area contributed by atoms with E-state index in [1.165, 1.54) is 25.1 Å². The second kappa shape index (κ2) is 5.54. The first-order chi connectivity index (χ1) is 8.58. The van der Waals surface area contributed by atoms with Crippen molar-refractivity contribution in [2.75, 3.05) is 25.9 Å². The molecular formula is C12H17ClN4O. The first-order valence-corrected chi connectivity index (χ1v) is 6.35. The number of aromatic nitrogens is 1. The number of anilines is 1. The van der Waals surface area contributed by atoms with Crippen LogP contribution in [0.4, 0.5) is 5.69 Å². The standard InChI is InChI=1S/C12H17ClN4O/c1-17(8-2-3-8)5-4-15-12(18)9-6-11(13)16-7-10(9)14/h6-8H,2-5,14H2,1H3,(H,15,18). The van der Waals surface area contributed by atoms with Gasteiger partial charge < -0.3 is 16.0 Å². The van der Waals surface area contributed by atoms with Crippen molar-refractivity contribution in [2.45, 2.75) is 18.9 Å². The molecule has 1 aliphatic carbocycles. The molecule has 1 aliphatic rings. The van der Waals surface area contributed by atoms with Crippen LogP contribution in [0.2, 0.25) is 5.15 Å². The lowest BCUT2D eigenvalue weighted by atomic mass is 10.2. The number of halogens is 1. The average Bonchev–Trinajstić information content (AvgIpc) is 3.16. The fourth-order valence-corrected chi connectivity index (χ4v) is 1.93. The molecule has 0 aromatic carbocycles. The fraction of sp³-hybridized carbons (Fsp3) is 0.500. The SMILES string of the molecule is CN(CCNC(=O)c1cc(Cl)ncc1N)C1CC1. The van der Waals surface area contributed by atoms with E-state index in [0.29, 0.717) is 23.8 Å². The molecule has 0 radical (unpaired) electrons. The molecule has 3 N–H and O–H groups in total. The van der Waals surface area contributed by atoms with E-state index in [0.717, 1.165) is 6.54 Å². The quantitative estimate of drug-likeness (QED) is 0.786. The minimum atomic E-state index is -0.207. The Kier molecular flexibility index (Phi) is 4.04. The van der Waals surface area contributed by atoms with Gasteiger partial charge in [-0.05, 0) is 26.0 Å². The van der Waals surface area contributed by atoms with Crippen molar-refractivity contribution in [3.8, 4) is 0 Å². The summed E-state index contributed by atoms with van der Waals surface area (Å²) >= 11 is 5.74. The first-order valence-electron chi connectivity index (χ1n) is 5.97. The Morgan fingerprint density at radius 2 is 2.39 bits per heavy atom. The molecule has 0 spiro atoms. The minimum absolute atomic E-state index is 0.207. The molecule has 5 nitrogen and oxygen atoms in total. The van der Waals surface area contributed by atoms with Gasteiger partial charge >= 0.3 is 0 Å². The van der Waals surface area contributed by atoms with Crippen molar-refractivity contribution in [3.05, 3.63) is 23.0 Å². The van der Waals surface area contributed by atoms with Crippen molar-refractivity contribution in [1.82, 2.24) is 15.2 Å². The summed E-state index contributed by atoms with van der Waals surface area (Å²) in [5.41, 5.74) is 6.41. The molecule has 0 saturated heterocycles. The summed E-state index contributed by atoms with van der Waals surface area (Å²) in [6.07, 6.45) is 3.92. The molecule has 0 unspecified atom stereocenters. The van der Waals surface area contributed by atoms with Gasteiger partial charge in [0.05, 0.1) is 17.4 Å². The third-order valence-electron chi connectivity index (χ3n) is 3.07. The predicted molar refractivity (Wildman–Crippen MR) is 71.6 cm³/mol. The summed E-state index contributed by atoms with van der Waals surface area (Å²) in [4.78, 5) is 18.0. The van der Waals surface area contributed by atoms with Gasteiger partial charge in [0.1, 0.15) is 5.15 Å². The number of nitrogens with two attached hydrogens (primary N) is 1. The maximum Gasteiger partial charge on any atom is 0.253 e. The van der Waals surface area contributed by atoms with E-state index in [9.17, 15) is 4.79 Å². The highest BCUT2D eigenvalue weighted by Crippen LogP contribution is 2.24. The highest BCUT2D eigenvalue weighted by atomic mass is 35.5. The number of hydrogen-bond acceptors (Lipinski definition) is 4. The van der Waals surface area contributed by atoms with Crippen molar-refractivity contribution >= 4 is 23.2 Å². The Morgan fingerprint density at radius 3 is 3.06 bits per heavy atom. The van der Waals surface area contributed by atoms with E-state index in [2.05, 4.69) is 22.2 Å². The Labute approximate surface area is 111 Å². The lowest BCUT2D eigenvalue weighted by Gasteiger charge is -2.16. The molecule has 1 amide bonds. The number of pyridine rings is 1. The zero-order valence-electron chi connectivity index (χ0n) is 10.3. The van der Waals surface area contributed by atoms with Gasteiger partial charge in [-0.2, -0.15) is 0 Å². The van der Waals surface area contributed by atoms with Gasteiger partial charge in [0.15, 0.2) is 0 Å². The van der Waals surface area contributed by atoms with Crippen LogP contribution in [0.3, 0.4) is 0 Å². The fourth-order valence-electron chi connectivity index (χ4n) is 1.78. The number of nitrogen functional groups attached to an aromatic ring is 1. The number of carbonyl (C=O) groups excluding carboxylic acids is 1. The summed E-state index contributed by atoms with van der Waals surface area (Å²) in [6, 6.07) is 2.18. The molecule has 98 valence electrons. The normalized spacial score (nSPS) is 14.8. The average molecular weight is 269 g/mol. The number of carbonyl (C=O) groups is 1. The Hall–Kier alpha value is -1.33. The zero-order chi connectivity index (χ0) is 13.1. The summed E-state index contributed by atoms with van der Waals surface area (Å²) < 4.78 is 0. The summed E-state index contributed by atoms with van der Waals surface area (Å²) in [5.74, 6) is -0.207. The lowest BCUT2D eigenvalue weighted by Crippen LogP contribution is -2.34. The smallest absolute Gasteiger partial charge is 0.253 e. The maximum atomic E-state index is 11.9. The van der Waals surface area contributed by atoms with Crippen LogP contribution in [0, 0.1) is 0 Å². The van der Waals surface area contributed by atoms with Crippen LogP contribution in [0.25, 0.3) is 0 Å². The van der Waals surface area contributed by atoms with Gasteiger partial charge in [-0.1, -0.05) is 11.6 Å². The van der Waals surface area contributed by atoms with E-state index < -0.39 is 0 Å². The first kappa shape index (κ1) is 13.1. The van der Waals surface area contributed by atoms with Gasteiger partial charge in [-0.3, -0.25) is 4.79 Å². The molecule has 6 heteroatoms. The van der Waals surface area contributed by atoms with Crippen LogP contribution >= 0.6 is 11.6 Å². The molecule has 2 rings (SSSR count). The van der Waals surface area contributed by atoms with Gasteiger partial charge in [-0.25, -0.2) is 4.98 Å². The third-order valence-corrected chi connectivity index (χ3v) is 3.27. The van der Waals surface area contributed by atoms with Crippen LogP contribution in [-0.2, 0) is 0 Å². The van der Waals surface area contributed by atoms with Gasteiger partial charge in [-0.15, -0.1) is 0 Å². The highest BCUT2D eigenvalue weighted by Gasteiger charge is 2.25. The molecule has 18 heavy (non-hydrogen) atoms. The van der Waals surface area contributed by atoms with E-state index >= 15 is 0 Å². The van der Waals surface area contributed by atoms with E-state index in [1.807, 2.05) is 0 Å².